The van der Waals surface area contributed by atoms with Crippen LogP contribution >= 0.6 is 0 Å². The first-order valence-corrected chi connectivity index (χ1v) is 12.0. The summed E-state index contributed by atoms with van der Waals surface area (Å²) in [7, 11) is 1.80. The third-order valence-electron chi connectivity index (χ3n) is 5.83. The van der Waals surface area contributed by atoms with Gasteiger partial charge < -0.3 is 25.3 Å². The summed E-state index contributed by atoms with van der Waals surface area (Å²) in [5, 5.41) is 20.8. The highest BCUT2D eigenvalue weighted by molar-refractivity contribution is 5.80. The molecule has 1 saturated heterocycles. The van der Waals surface area contributed by atoms with Crippen molar-refractivity contribution in [3.8, 4) is 0 Å². The second-order valence-corrected chi connectivity index (χ2v) is 8.35. The molecule has 1 atom stereocenters. The highest BCUT2D eigenvalue weighted by atomic mass is 16.6. The Morgan fingerprint density at radius 3 is 2.70 bits per heavy atom. The maximum Gasteiger partial charge on any atom is 0.222 e. The highest BCUT2D eigenvalue weighted by Gasteiger charge is 2.19. The number of piperidine rings is 1. The molecular formula is C28H33N5O4. The molecule has 194 valence electrons. The molecule has 2 aliphatic rings. The van der Waals surface area contributed by atoms with E-state index < -0.39 is 0 Å². The molecule has 9 nitrogen and oxygen atoms in total. The zero-order valence-electron chi connectivity index (χ0n) is 20.8. The Kier molecular flexibility index (Phi) is 10.6. The molecule has 1 unspecified atom stereocenters. The van der Waals surface area contributed by atoms with E-state index in [-0.39, 0.29) is 6.10 Å². The van der Waals surface area contributed by atoms with Gasteiger partial charge in [0.15, 0.2) is 5.76 Å². The Morgan fingerprint density at radius 2 is 2.03 bits per heavy atom. The zero-order valence-corrected chi connectivity index (χ0v) is 20.8. The normalized spacial score (nSPS) is 18.7. The smallest absolute Gasteiger partial charge is 0.222 e. The molecule has 5 N–H and O–H groups in total. The summed E-state index contributed by atoms with van der Waals surface area (Å²) in [5.41, 5.74) is 4.81. The summed E-state index contributed by atoms with van der Waals surface area (Å²) in [4.78, 5) is 25.7. The molecule has 0 radical (unpaired) electrons. The van der Waals surface area contributed by atoms with E-state index in [1.54, 1.807) is 13.2 Å². The molecule has 2 heterocycles. The van der Waals surface area contributed by atoms with Crippen LogP contribution in [-0.2, 0) is 9.63 Å². The summed E-state index contributed by atoms with van der Waals surface area (Å²) >= 11 is 0. The highest BCUT2D eigenvalue weighted by Crippen LogP contribution is 2.31. The van der Waals surface area contributed by atoms with Crippen molar-refractivity contribution in [1.29, 1.82) is 0 Å². The Bertz CT molecular complexity index is 1190. The van der Waals surface area contributed by atoms with Crippen molar-refractivity contribution in [3.63, 3.8) is 0 Å². The van der Waals surface area contributed by atoms with Gasteiger partial charge in [-0.05, 0) is 67.8 Å². The Balaban J connectivity index is 0.000000479. The van der Waals surface area contributed by atoms with E-state index in [4.69, 9.17) is 15.8 Å². The second kappa shape index (κ2) is 14.4. The van der Waals surface area contributed by atoms with Gasteiger partial charge in [0.1, 0.15) is 6.29 Å². The summed E-state index contributed by atoms with van der Waals surface area (Å²) in [6, 6.07) is 10.0. The third-order valence-corrected chi connectivity index (χ3v) is 5.83. The first-order chi connectivity index (χ1) is 18.1. The quantitative estimate of drug-likeness (QED) is 0.146. The molecule has 1 aliphatic carbocycles. The van der Waals surface area contributed by atoms with Gasteiger partial charge in [-0.1, -0.05) is 18.2 Å². The molecular weight excluding hydrogens is 470 g/mol. The van der Waals surface area contributed by atoms with Crippen LogP contribution < -0.4 is 16.1 Å². The fraction of sp³-hybridized carbons (Fsp3) is 0.250. The number of anilines is 2. The van der Waals surface area contributed by atoms with Crippen molar-refractivity contribution < 1.29 is 19.8 Å². The lowest BCUT2D eigenvalue weighted by atomic mass is 9.96. The van der Waals surface area contributed by atoms with Crippen LogP contribution in [0.3, 0.4) is 0 Å². The molecule has 9 heteroatoms. The lowest BCUT2D eigenvalue weighted by Gasteiger charge is -2.32. The molecule has 1 aromatic carbocycles. The van der Waals surface area contributed by atoms with Crippen LogP contribution in [-0.4, -0.2) is 52.7 Å². The Hall–Kier alpha value is -4.21. The van der Waals surface area contributed by atoms with E-state index in [0.29, 0.717) is 24.5 Å². The first-order valence-electron chi connectivity index (χ1n) is 12.0. The average Bonchev–Trinajstić information content (AvgIpc) is 2.95. The molecule has 0 saturated carbocycles. The number of nitrogens with two attached hydrogens (primary N) is 1. The van der Waals surface area contributed by atoms with Crippen LogP contribution in [0.4, 0.5) is 11.6 Å². The number of nitrogens with one attached hydrogen (secondary N) is 1. The zero-order chi connectivity index (χ0) is 26.5. The van der Waals surface area contributed by atoms with Gasteiger partial charge in [-0.15, -0.1) is 0 Å². The first kappa shape index (κ1) is 27.4. The number of rotatable bonds is 7. The summed E-state index contributed by atoms with van der Waals surface area (Å²) < 4.78 is 0. The number of aliphatic hydroxyl groups excluding tert-OH is 2. The third kappa shape index (κ3) is 7.89. The number of aliphatic hydroxyl groups is 2. The van der Waals surface area contributed by atoms with Gasteiger partial charge in [0.2, 0.25) is 5.95 Å². The van der Waals surface area contributed by atoms with E-state index in [1.807, 2.05) is 24.3 Å². The van der Waals surface area contributed by atoms with E-state index in [9.17, 15) is 9.90 Å². The predicted octanol–water partition coefficient (Wildman–Crippen LogP) is 3.94. The van der Waals surface area contributed by atoms with Crippen LogP contribution in [0.15, 0.2) is 84.8 Å². The van der Waals surface area contributed by atoms with Crippen molar-refractivity contribution in [2.75, 3.05) is 30.4 Å². The summed E-state index contributed by atoms with van der Waals surface area (Å²) in [6.45, 7) is 1.63. The number of hydrogen-bond donors (Lipinski definition) is 4. The van der Waals surface area contributed by atoms with Gasteiger partial charge in [-0.3, -0.25) is 4.79 Å². The molecule has 1 aliphatic heterocycles. The summed E-state index contributed by atoms with van der Waals surface area (Å²) in [6.07, 6.45) is 15.8. The number of benzene rings is 1. The van der Waals surface area contributed by atoms with E-state index >= 15 is 0 Å². The number of aldehydes is 1. The largest absolute Gasteiger partial charge is 0.516 e. The second-order valence-electron chi connectivity index (χ2n) is 8.35. The fourth-order valence-corrected chi connectivity index (χ4v) is 4.07. The Labute approximate surface area is 217 Å². The SMILES string of the molecule is CNc1nccc(C2=C/C(=C(/ON)c3ccc(N4CCCC(O)C4)cc3)CC=C2)n1.O=C/C=C/C=C\O. The van der Waals surface area contributed by atoms with Gasteiger partial charge in [0, 0.05) is 48.7 Å². The van der Waals surface area contributed by atoms with Crippen molar-refractivity contribution in [2.45, 2.75) is 25.4 Å². The van der Waals surface area contributed by atoms with Crippen LogP contribution in [0.1, 0.15) is 30.5 Å². The molecule has 0 amide bonds. The minimum absolute atomic E-state index is 0.258. The topological polar surface area (TPSA) is 134 Å². The van der Waals surface area contributed by atoms with Crippen LogP contribution in [0.25, 0.3) is 11.3 Å². The monoisotopic (exact) mass is 503 g/mol. The van der Waals surface area contributed by atoms with Crippen molar-refractivity contribution in [1.82, 2.24) is 9.97 Å². The molecule has 1 fully saturated rings. The average molecular weight is 504 g/mol. The van der Waals surface area contributed by atoms with Crippen molar-refractivity contribution in [2.24, 2.45) is 5.90 Å². The molecule has 2 aromatic rings. The minimum atomic E-state index is -0.258. The van der Waals surface area contributed by atoms with Crippen molar-refractivity contribution >= 4 is 29.3 Å². The van der Waals surface area contributed by atoms with Gasteiger partial charge in [0.05, 0.1) is 18.1 Å². The maximum absolute atomic E-state index is 9.93. The van der Waals surface area contributed by atoms with Crippen molar-refractivity contribution in [3.05, 3.63) is 96.1 Å². The van der Waals surface area contributed by atoms with Crippen LogP contribution in [0.5, 0.6) is 0 Å². The maximum atomic E-state index is 9.93. The van der Waals surface area contributed by atoms with Gasteiger partial charge in [-0.2, -0.15) is 5.90 Å². The number of carbonyl (C=O) groups is 1. The summed E-state index contributed by atoms with van der Waals surface area (Å²) in [5.74, 6) is 6.89. The number of nitrogens with zero attached hydrogens (tertiary/aromatic N) is 3. The van der Waals surface area contributed by atoms with Gasteiger partial charge >= 0.3 is 0 Å². The van der Waals surface area contributed by atoms with E-state index in [1.165, 1.54) is 18.2 Å². The molecule has 0 spiro atoms. The standard InChI is InChI=1S/C23H27N5O2.C5H6O2/c1-25-23-26-12-11-21(27-23)17-4-2-5-18(14-17)22(30-24)16-7-9-19(10-8-16)28-13-3-6-20(29)15-28;6-4-2-1-3-5-7/h2,4,7-12,14,20,29H,3,5-6,13,15,24H2,1H3,(H,25,26,27);1-6H/b22-18+;3-1+,4-2-. The van der Waals surface area contributed by atoms with E-state index in [0.717, 1.165) is 60.2 Å². The lowest BCUT2D eigenvalue weighted by molar-refractivity contribution is -0.104. The van der Waals surface area contributed by atoms with Crippen LogP contribution in [0, 0.1) is 0 Å². The number of carbonyl (C=O) groups excluding carboxylic acids is 1. The predicted molar refractivity (Wildman–Crippen MR) is 146 cm³/mol. The minimum Gasteiger partial charge on any atom is -0.516 e. The van der Waals surface area contributed by atoms with Crippen LogP contribution in [0.2, 0.25) is 0 Å². The van der Waals surface area contributed by atoms with Gasteiger partial charge in [-0.25, -0.2) is 9.97 Å². The molecule has 37 heavy (non-hydrogen) atoms. The number of β-amino-alcohol motifs (C(OH)–C–C–N with tert-alkyl or cyclic N) is 1. The van der Waals surface area contributed by atoms with Gasteiger partial charge in [0.25, 0.3) is 0 Å². The number of aromatic nitrogens is 2. The lowest BCUT2D eigenvalue weighted by Crippen LogP contribution is -2.38. The molecule has 4 rings (SSSR count). The fourth-order valence-electron chi connectivity index (χ4n) is 4.07. The molecule has 1 aromatic heterocycles. The molecule has 0 bridgehead atoms. The number of allylic oxidation sites excluding steroid dienone is 8. The van der Waals surface area contributed by atoms with E-state index in [2.05, 4.69) is 44.5 Å². The Morgan fingerprint density at radius 1 is 1.22 bits per heavy atom. The number of hydrogen-bond acceptors (Lipinski definition) is 9.